The molecule has 2 aromatic rings. The number of carbonyl (C=O) groups excluding carboxylic acids is 3. The molecule has 160 valence electrons. The summed E-state index contributed by atoms with van der Waals surface area (Å²) in [5, 5.41) is 2.75. The Kier molecular flexibility index (Phi) is 8.41. The molecule has 3 N–H and O–H groups in total. The van der Waals surface area contributed by atoms with Crippen molar-refractivity contribution in [2.45, 2.75) is 27.7 Å². The molecule has 0 fully saturated rings. The van der Waals surface area contributed by atoms with Crippen molar-refractivity contribution in [2.24, 2.45) is 11.8 Å². The highest BCUT2D eigenvalue weighted by atomic mass is 79.9. The van der Waals surface area contributed by atoms with Crippen LogP contribution >= 0.6 is 15.9 Å². The van der Waals surface area contributed by atoms with E-state index in [1.54, 1.807) is 56.3 Å². The molecule has 0 saturated carbocycles. The highest BCUT2D eigenvalue weighted by Gasteiger charge is 2.15. The van der Waals surface area contributed by atoms with Crippen molar-refractivity contribution in [1.82, 2.24) is 10.9 Å². The van der Waals surface area contributed by atoms with E-state index in [2.05, 4.69) is 32.1 Å². The van der Waals surface area contributed by atoms with Crippen LogP contribution in [0.4, 0.5) is 5.69 Å². The number of nitrogens with one attached hydrogen (secondary N) is 3. The van der Waals surface area contributed by atoms with Gasteiger partial charge in [0.15, 0.2) is 0 Å². The molecule has 2 aromatic carbocycles. The molecule has 0 radical (unpaired) electrons. The maximum atomic E-state index is 12.6. The third-order valence-electron chi connectivity index (χ3n) is 3.99. The van der Waals surface area contributed by atoms with E-state index in [0.29, 0.717) is 35.1 Å². The Morgan fingerprint density at radius 2 is 1.57 bits per heavy atom. The summed E-state index contributed by atoms with van der Waals surface area (Å²) in [5.41, 5.74) is 6.03. The number of hydrogen-bond donors (Lipinski definition) is 3. The molecule has 0 spiro atoms. The first-order chi connectivity index (χ1) is 14.2. The molecule has 0 atom stereocenters. The van der Waals surface area contributed by atoms with E-state index >= 15 is 0 Å². The SMILES string of the molecule is CC(C)COc1ccc(Br)cc1C(=O)NNC(=O)c1ccc(NC(=O)C(C)C)cc1. The van der Waals surface area contributed by atoms with Crippen LogP contribution in [0.3, 0.4) is 0 Å². The minimum absolute atomic E-state index is 0.107. The van der Waals surface area contributed by atoms with Crippen LogP contribution in [0.2, 0.25) is 0 Å². The average molecular weight is 476 g/mol. The number of ether oxygens (including phenoxy) is 1. The Bertz CT molecular complexity index is 911. The fraction of sp³-hybridized carbons (Fsp3) is 0.318. The van der Waals surface area contributed by atoms with Gasteiger partial charge in [0.1, 0.15) is 5.75 Å². The van der Waals surface area contributed by atoms with E-state index in [1.807, 2.05) is 13.8 Å². The van der Waals surface area contributed by atoms with Crippen molar-refractivity contribution in [3.05, 3.63) is 58.1 Å². The highest BCUT2D eigenvalue weighted by Crippen LogP contribution is 2.23. The lowest BCUT2D eigenvalue weighted by atomic mass is 10.1. The van der Waals surface area contributed by atoms with E-state index in [-0.39, 0.29) is 11.8 Å². The third-order valence-corrected chi connectivity index (χ3v) is 4.48. The second kappa shape index (κ2) is 10.8. The Hall–Kier alpha value is -2.87. The third kappa shape index (κ3) is 6.88. The minimum atomic E-state index is -0.496. The summed E-state index contributed by atoms with van der Waals surface area (Å²) >= 11 is 3.34. The van der Waals surface area contributed by atoms with Crippen LogP contribution in [0.25, 0.3) is 0 Å². The van der Waals surface area contributed by atoms with Crippen LogP contribution in [0.5, 0.6) is 5.75 Å². The van der Waals surface area contributed by atoms with Crippen LogP contribution in [-0.4, -0.2) is 24.3 Å². The van der Waals surface area contributed by atoms with E-state index < -0.39 is 11.8 Å². The smallest absolute Gasteiger partial charge is 0.273 e. The van der Waals surface area contributed by atoms with Crippen LogP contribution in [0.1, 0.15) is 48.4 Å². The zero-order valence-electron chi connectivity index (χ0n) is 17.4. The quantitative estimate of drug-likeness (QED) is 0.523. The molecule has 0 aromatic heterocycles. The summed E-state index contributed by atoms with van der Waals surface area (Å²) < 4.78 is 6.42. The fourth-order valence-corrected chi connectivity index (χ4v) is 2.67. The number of anilines is 1. The Balaban J connectivity index is 2.00. The molecular formula is C22H26BrN3O4. The molecule has 0 bridgehead atoms. The van der Waals surface area contributed by atoms with Gasteiger partial charge < -0.3 is 10.1 Å². The average Bonchev–Trinajstić information content (AvgIpc) is 2.71. The van der Waals surface area contributed by atoms with E-state index in [4.69, 9.17) is 4.74 Å². The predicted octanol–water partition coefficient (Wildman–Crippen LogP) is 4.15. The summed E-state index contributed by atoms with van der Waals surface area (Å²) in [4.78, 5) is 36.6. The minimum Gasteiger partial charge on any atom is -0.492 e. The summed E-state index contributed by atoms with van der Waals surface area (Å²) in [6.07, 6.45) is 0. The molecule has 3 amide bonds. The Labute approximate surface area is 184 Å². The van der Waals surface area contributed by atoms with Crippen molar-refractivity contribution < 1.29 is 19.1 Å². The molecule has 0 heterocycles. The topological polar surface area (TPSA) is 96.5 Å². The van der Waals surface area contributed by atoms with Gasteiger partial charge in [-0.25, -0.2) is 0 Å². The van der Waals surface area contributed by atoms with Crippen LogP contribution in [-0.2, 0) is 4.79 Å². The molecule has 0 unspecified atom stereocenters. The standard InChI is InChI=1S/C22H26BrN3O4/c1-13(2)12-30-19-10-7-16(23)11-18(19)22(29)26-25-21(28)15-5-8-17(9-6-15)24-20(27)14(3)4/h5-11,13-14H,12H2,1-4H3,(H,24,27)(H,25,28)(H,26,29). The zero-order chi connectivity index (χ0) is 22.3. The van der Waals surface area contributed by atoms with Crippen LogP contribution in [0.15, 0.2) is 46.9 Å². The van der Waals surface area contributed by atoms with E-state index in [1.165, 1.54) is 0 Å². The molecule has 0 aliphatic carbocycles. The molecule has 7 nitrogen and oxygen atoms in total. The molecule has 0 saturated heterocycles. The number of hydrazine groups is 1. The van der Waals surface area contributed by atoms with Crippen LogP contribution in [0, 0.1) is 11.8 Å². The molecule has 8 heteroatoms. The van der Waals surface area contributed by atoms with Gasteiger partial charge >= 0.3 is 0 Å². The highest BCUT2D eigenvalue weighted by molar-refractivity contribution is 9.10. The van der Waals surface area contributed by atoms with Crippen molar-refractivity contribution in [2.75, 3.05) is 11.9 Å². The van der Waals surface area contributed by atoms with Gasteiger partial charge in [0.25, 0.3) is 11.8 Å². The largest absolute Gasteiger partial charge is 0.492 e. The molecule has 2 rings (SSSR count). The lowest BCUT2D eigenvalue weighted by molar-refractivity contribution is -0.118. The normalized spacial score (nSPS) is 10.6. The second-order valence-corrected chi connectivity index (χ2v) is 8.39. The number of carbonyl (C=O) groups is 3. The lowest BCUT2D eigenvalue weighted by Gasteiger charge is -2.14. The monoisotopic (exact) mass is 475 g/mol. The summed E-state index contributed by atoms with van der Waals surface area (Å²) in [7, 11) is 0. The van der Waals surface area contributed by atoms with Gasteiger partial charge in [-0.05, 0) is 48.4 Å². The zero-order valence-corrected chi connectivity index (χ0v) is 19.0. The first-order valence-corrected chi connectivity index (χ1v) is 10.4. The second-order valence-electron chi connectivity index (χ2n) is 7.47. The predicted molar refractivity (Wildman–Crippen MR) is 119 cm³/mol. The molecule has 0 aliphatic rings. The van der Waals surface area contributed by atoms with Gasteiger partial charge in [0.2, 0.25) is 5.91 Å². The molecular weight excluding hydrogens is 450 g/mol. The maximum Gasteiger partial charge on any atom is 0.273 e. The van der Waals surface area contributed by atoms with Gasteiger partial charge in [0.05, 0.1) is 12.2 Å². The fourth-order valence-electron chi connectivity index (χ4n) is 2.31. The Morgan fingerprint density at radius 1 is 0.933 bits per heavy atom. The van der Waals surface area contributed by atoms with Crippen molar-refractivity contribution >= 4 is 39.3 Å². The Morgan fingerprint density at radius 3 is 2.17 bits per heavy atom. The van der Waals surface area contributed by atoms with Gasteiger partial charge in [-0.1, -0.05) is 43.6 Å². The van der Waals surface area contributed by atoms with Gasteiger partial charge in [0, 0.05) is 21.6 Å². The van der Waals surface area contributed by atoms with Gasteiger partial charge in [-0.3, -0.25) is 25.2 Å². The number of benzene rings is 2. The number of halogens is 1. The number of hydrogen-bond acceptors (Lipinski definition) is 4. The number of amides is 3. The van der Waals surface area contributed by atoms with E-state index in [9.17, 15) is 14.4 Å². The lowest BCUT2D eigenvalue weighted by Crippen LogP contribution is -2.41. The van der Waals surface area contributed by atoms with Crippen LogP contribution < -0.4 is 20.9 Å². The summed E-state index contributed by atoms with van der Waals surface area (Å²) in [6.45, 7) is 8.08. The van der Waals surface area contributed by atoms with Crippen molar-refractivity contribution in [1.29, 1.82) is 0 Å². The van der Waals surface area contributed by atoms with Gasteiger partial charge in [-0.15, -0.1) is 0 Å². The number of rotatable bonds is 7. The van der Waals surface area contributed by atoms with Crippen molar-refractivity contribution in [3.63, 3.8) is 0 Å². The maximum absolute atomic E-state index is 12.6. The molecule has 0 aliphatic heterocycles. The summed E-state index contributed by atoms with van der Waals surface area (Å²) in [5.74, 6) is -0.491. The van der Waals surface area contributed by atoms with Crippen molar-refractivity contribution in [3.8, 4) is 5.75 Å². The molecule has 30 heavy (non-hydrogen) atoms. The van der Waals surface area contributed by atoms with E-state index in [0.717, 1.165) is 4.47 Å². The summed E-state index contributed by atoms with van der Waals surface area (Å²) in [6, 6.07) is 11.5. The first kappa shape index (κ1) is 23.4. The first-order valence-electron chi connectivity index (χ1n) is 9.61. The van der Waals surface area contributed by atoms with Gasteiger partial charge in [-0.2, -0.15) is 0 Å².